The summed E-state index contributed by atoms with van der Waals surface area (Å²) in [5, 5.41) is 0. The molecule has 1 fully saturated rings. The van der Waals surface area contributed by atoms with Crippen LogP contribution in [-0.4, -0.2) is 6.29 Å². The molecule has 0 aromatic rings. The number of hydrogen-bond donors (Lipinski definition) is 0. The molecule has 0 aromatic heterocycles. The van der Waals surface area contributed by atoms with Crippen LogP contribution < -0.4 is 0 Å². The third-order valence-corrected chi connectivity index (χ3v) is 4.99. The zero-order valence-corrected chi connectivity index (χ0v) is 12.2. The van der Waals surface area contributed by atoms with Crippen molar-refractivity contribution in [3.05, 3.63) is 0 Å². The zero-order valence-electron chi connectivity index (χ0n) is 12.2. The van der Waals surface area contributed by atoms with Gasteiger partial charge in [-0.05, 0) is 42.9 Å². The Bertz CT molecular complexity index is 234. The first-order chi connectivity index (χ1) is 8.03. The first-order valence-corrected chi connectivity index (χ1v) is 7.48. The molecular formula is C16H30O. The topological polar surface area (TPSA) is 17.1 Å². The lowest BCUT2D eigenvalue weighted by atomic mass is 9.63. The summed E-state index contributed by atoms with van der Waals surface area (Å²) in [6, 6.07) is 0. The number of aldehydes is 1. The first-order valence-electron chi connectivity index (χ1n) is 7.48. The lowest BCUT2D eigenvalue weighted by Gasteiger charge is -2.42. The molecule has 0 saturated heterocycles. The van der Waals surface area contributed by atoms with Gasteiger partial charge in [0.15, 0.2) is 0 Å². The van der Waals surface area contributed by atoms with Gasteiger partial charge in [-0.15, -0.1) is 0 Å². The molecule has 1 aliphatic rings. The second-order valence-corrected chi connectivity index (χ2v) is 6.59. The quantitative estimate of drug-likeness (QED) is 0.640. The Labute approximate surface area is 107 Å². The van der Waals surface area contributed by atoms with Gasteiger partial charge in [-0.1, -0.05) is 47.0 Å². The van der Waals surface area contributed by atoms with E-state index in [9.17, 15) is 4.79 Å². The molecule has 1 saturated carbocycles. The molecule has 100 valence electrons. The molecule has 0 aliphatic heterocycles. The molecule has 1 nitrogen and oxygen atoms in total. The smallest absolute Gasteiger partial charge is 0.123 e. The second-order valence-electron chi connectivity index (χ2n) is 6.59. The molecule has 1 heteroatoms. The molecule has 0 heterocycles. The minimum absolute atomic E-state index is 0.333. The monoisotopic (exact) mass is 238 g/mol. The molecule has 0 aromatic carbocycles. The fourth-order valence-corrected chi connectivity index (χ4v) is 4.00. The Hall–Kier alpha value is -0.330. The standard InChI is InChI=1S/C16H30O/c1-5-15(13(2)3)16(4)10-7-6-8-14(12-17)9-11-16/h12-15H,5-11H2,1-4H3. The maximum absolute atomic E-state index is 11.0. The minimum Gasteiger partial charge on any atom is -0.303 e. The van der Waals surface area contributed by atoms with Gasteiger partial charge in [0, 0.05) is 5.92 Å². The van der Waals surface area contributed by atoms with Crippen LogP contribution in [0.25, 0.3) is 0 Å². The molecule has 3 atom stereocenters. The molecule has 0 spiro atoms. The van der Waals surface area contributed by atoms with Crippen molar-refractivity contribution < 1.29 is 4.79 Å². The van der Waals surface area contributed by atoms with E-state index in [0.29, 0.717) is 11.3 Å². The van der Waals surface area contributed by atoms with Crippen molar-refractivity contribution in [2.45, 2.75) is 72.6 Å². The van der Waals surface area contributed by atoms with Crippen LogP contribution >= 0.6 is 0 Å². The highest BCUT2D eigenvalue weighted by Crippen LogP contribution is 2.45. The minimum atomic E-state index is 0.333. The molecule has 0 N–H and O–H groups in total. The number of carbonyl (C=O) groups excluding carboxylic acids is 1. The van der Waals surface area contributed by atoms with Gasteiger partial charge in [0.2, 0.25) is 0 Å². The highest BCUT2D eigenvalue weighted by molar-refractivity contribution is 5.53. The van der Waals surface area contributed by atoms with E-state index >= 15 is 0 Å². The molecule has 0 bridgehead atoms. The Balaban J connectivity index is 2.73. The van der Waals surface area contributed by atoms with Gasteiger partial charge in [-0.2, -0.15) is 0 Å². The van der Waals surface area contributed by atoms with Crippen molar-refractivity contribution in [2.24, 2.45) is 23.2 Å². The molecular weight excluding hydrogens is 208 g/mol. The van der Waals surface area contributed by atoms with Gasteiger partial charge < -0.3 is 4.79 Å². The van der Waals surface area contributed by atoms with Gasteiger partial charge in [-0.25, -0.2) is 0 Å². The third-order valence-electron chi connectivity index (χ3n) is 4.99. The van der Waals surface area contributed by atoms with Crippen LogP contribution in [-0.2, 0) is 4.79 Å². The van der Waals surface area contributed by atoms with Crippen molar-refractivity contribution in [3.8, 4) is 0 Å². The van der Waals surface area contributed by atoms with Crippen LogP contribution in [0.1, 0.15) is 72.6 Å². The summed E-state index contributed by atoms with van der Waals surface area (Å²) in [4.78, 5) is 11.0. The average Bonchev–Trinajstić information content (AvgIpc) is 2.25. The normalized spacial score (nSPS) is 32.9. The van der Waals surface area contributed by atoms with E-state index in [2.05, 4.69) is 27.7 Å². The number of hydrogen-bond acceptors (Lipinski definition) is 1. The van der Waals surface area contributed by atoms with Crippen molar-refractivity contribution >= 4 is 6.29 Å². The van der Waals surface area contributed by atoms with Crippen LogP contribution in [0.5, 0.6) is 0 Å². The zero-order chi connectivity index (χ0) is 12.9. The summed E-state index contributed by atoms with van der Waals surface area (Å²) in [6.45, 7) is 9.50. The summed E-state index contributed by atoms with van der Waals surface area (Å²) in [6.07, 6.45) is 9.86. The Morgan fingerprint density at radius 1 is 1.24 bits per heavy atom. The fourth-order valence-electron chi connectivity index (χ4n) is 4.00. The Morgan fingerprint density at radius 2 is 1.94 bits per heavy atom. The van der Waals surface area contributed by atoms with Gasteiger partial charge >= 0.3 is 0 Å². The van der Waals surface area contributed by atoms with Crippen LogP contribution in [0.2, 0.25) is 0 Å². The molecule has 0 amide bonds. The summed E-state index contributed by atoms with van der Waals surface area (Å²) < 4.78 is 0. The van der Waals surface area contributed by atoms with E-state index in [-0.39, 0.29) is 0 Å². The third kappa shape index (κ3) is 3.82. The Kier molecular flexibility index (Phi) is 5.69. The van der Waals surface area contributed by atoms with E-state index in [1.165, 1.54) is 38.4 Å². The largest absolute Gasteiger partial charge is 0.303 e. The molecule has 0 radical (unpaired) electrons. The Morgan fingerprint density at radius 3 is 2.47 bits per heavy atom. The van der Waals surface area contributed by atoms with Crippen LogP contribution in [0.4, 0.5) is 0 Å². The lowest BCUT2D eigenvalue weighted by molar-refractivity contribution is -0.112. The van der Waals surface area contributed by atoms with Gasteiger partial charge in [0.05, 0.1) is 0 Å². The van der Waals surface area contributed by atoms with Gasteiger partial charge in [0.1, 0.15) is 6.29 Å². The highest BCUT2D eigenvalue weighted by Gasteiger charge is 2.35. The van der Waals surface area contributed by atoms with Crippen LogP contribution in [0, 0.1) is 23.2 Å². The van der Waals surface area contributed by atoms with Gasteiger partial charge in [-0.3, -0.25) is 0 Å². The summed E-state index contributed by atoms with van der Waals surface area (Å²) >= 11 is 0. The van der Waals surface area contributed by atoms with E-state index in [0.717, 1.165) is 24.7 Å². The second kappa shape index (κ2) is 6.56. The van der Waals surface area contributed by atoms with E-state index < -0.39 is 0 Å². The lowest BCUT2D eigenvalue weighted by Crippen LogP contribution is -2.32. The summed E-state index contributed by atoms with van der Waals surface area (Å²) in [7, 11) is 0. The number of rotatable bonds is 4. The SMILES string of the molecule is CCC(C(C)C)C1(C)CCCCC(C=O)CC1. The maximum atomic E-state index is 11.0. The predicted octanol–water partition coefficient (Wildman–Crippen LogP) is 4.84. The highest BCUT2D eigenvalue weighted by atomic mass is 16.1. The first kappa shape index (κ1) is 14.7. The molecule has 1 aliphatic carbocycles. The van der Waals surface area contributed by atoms with Crippen molar-refractivity contribution in [1.29, 1.82) is 0 Å². The fraction of sp³-hybridized carbons (Fsp3) is 0.938. The predicted molar refractivity (Wildman–Crippen MR) is 74.0 cm³/mol. The van der Waals surface area contributed by atoms with Gasteiger partial charge in [0.25, 0.3) is 0 Å². The number of carbonyl (C=O) groups is 1. The van der Waals surface area contributed by atoms with Crippen molar-refractivity contribution in [2.75, 3.05) is 0 Å². The van der Waals surface area contributed by atoms with E-state index in [4.69, 9.17) is 0 Å². The summed E-state index contributed by atoms with van der Waals surface area (Å²) in [5.74, 6) is 1.91. The van der Waals surface area contributed by atoms with Crippen LogP contribution in [0.3, 0.4) is 0 Å². The van der Waals surface area contributed by atoms with Crippen molar-refractivity contribution in [3.63, 3.8) is 0 Å². The average molecular weight is 238 g/mol. The van der Waals surface area contributed by atoms with Crippen molar-refractivity contribution in [1.82, 2.24) is 0 Å². The molecule has 1 rings (SSSR count). The summed E-state index contributed by atoms with van der Waals surface area (Å²) in [5.41, 5.74) is 0.463. The maximum Gasteiger partial charge on any atom is 0.123 e. The van der Waals surface area contributed by atoms with Crippen LogP contribution in [0.15, 0.2) is 0 Å². The molecule has 17 heavy (non-hydrogen) atoms. The molecule has 3 unspecified atom stereocenters. The van der Waals surface area contributed by atoms with E-state index in [1.54, 1.807) is 0 Å². The van der Waals surface area contributed by atoms with E-state index in [1.807, 2.05) is 0 Å².